The molecule has 0 saturated heterocycles. The molecule has 1 nitrogen and oxygen atoms in total. The van der Waals surface area contributed by atoms with Gasteiger partial charge in [0.15, 0.2) is 0 Å². The maximum atomic E-state index is 9.11. The van der Waals surface area contributed by atoms with Gasteiger partial charge in [-0.2, -0.15) is 0 Å². The topological polar surface area (TPSA) is 20.2 Å². The molecular weight excluding hydrogens is 172 g/mol. The molecule has 84 valence electrons. The zero-order chi connectivity index (χ0) is 10.6. The van der Waals surface area contributed by atoms with Crippen LogP contribution < -0.4 is 0 Å². The lowest BCUT2D eigenvalue weighted by Crippen LogP contribution is -1.91. The predicted octanol–water partition coefficient (Wildman–Crippen LogP) is 4.07. The third-order valence-electron chi connectivity index (χ3n) is 2.55. The standard InChI is InChI=1S/C13H26O/c1-3-5-7-9-11-13(12-14)10-8-6-4-2/h11,14H,3-10,12H2,1-2H3/b13-11-. The first-order valence-corrected chi connectivity index (χ1v) is 6.13. The quantitative estimate of drug-likeness (QED) is 0.437. The van der Waals surface area contributed by atoms with E-state index in [-0.39, 0.29) is 6.61 Å². The normalized spacial score (nSPS) is 12.1. The third kappa shape index (κ3) is 8.31. The van der Waals surface area contributed by atoms with Gasteiger partial charge < -0.3 is 5.11 Å². The lowest BCUT2D eigenvalue weighted by Gasteiger charge is -2.03. The molecule has 0 rings (SSSR count). The molecule has 0 spiro atoms. The lowest BCUT2D eigenvalue weighted by molar-refractivity contribution is 0.324. The van der Waals surface area contributed by atoms with Crippen LogP contribution in [0.15, 0.2) is 11.6 Å². The Hall–Kier alpha value is -0.300. The highest BCUT2D eigenvalue weighted by Gasteiger charge is 1.95. The molecule has 0 aliphatic carbocycles. The number of hydrogen-bond acceptors (Lipinski definition) is 1. The molecule has 0 atom stereocenters. The molecule has 0 bridgehead atoms. The molecule has 0 radical (unpaired) electrons. The van der Waals surface area contributed by atoms with Gasteiger partial charge in [0.1, 0.15) is 0 Å². The fraction of sp³-hybridized carbons (Fsp3) is 0.846. The van der Waals surface area contributed by atoms with E-state index in [2.05, 4.69) is 19.9 Å². The highest BCUT2D eigenvalue weighted by Crippen LogP contribution is 2.10. The average Bonchev–Trinajstić information content (AvgIpc) is 2.22. The number of aliphatic hydroxyl groups is 1. The molecule has 0 aromatic rings. The minimum Gasteiger partial charge on any atom is -0.392 e. The van der Waals surface area contributed by atoms with Crippen molar-refractivity contribution < 1.29 is 5.11 Å². The Bertz CT molecular complexity index is 138. The smallest absolute Gasteiger partial charge is 0.0641 e. The van der Waals surface area contributed by atoms with E-state index in [1.165, 1.54) is 44.1 Å². The van der Waals surface area contributed by atoms with E-state index in [0.717, 1.165) is 12.8 Å². The van der Waals surface area contributed by atoms with Crippen LogP contribution in [0.4, 0.5) is 0 Å². The molecule has 0 saturated carbocycles. The van der Waals surface area contributed by atoms with E-state index >= 15 is 0 Å². The van der Waals surface area contributed by atoms with Gasteiger partial charge in [0.05, 0.1) is 6.61 Å². The Morgan fingerprint density at radius 1 is 1.00 bits per heavy atom. The molecule has 0 fully saturated rings. The van der Waals surface area contributed by atoms with Gasteiger partial charge in [-0.15, -0.1) is 0 Å². The van der Waals surface area contributed by atoms with Gasteiger partial charge in [-0.3, -0.25) is 0 Å². The van der Waals surface area contributed by atoms with Crippen LogP contribution in [0.5, 0.6) is 0 Å². The van der Waals surface area contributed by atoms with Gasteiger partial charge in [-0.05, 0) is 31.3 Å². The van der Waals surface area contributed by atoms with Crippen LogP contribution in [0.3, 0.4) is 0 Å². The average molecular weight is 198 g/mol. The minimum absolute atomic E-state index is 0.260. The summed E-state index contributed by atoms with van der Waals surface area (Å²) < 4.78 is 0. The predicted molar refractivity (Wildman–Crippen MR) is 63.5 cm³/mol. The first kappa shape index (κ1) is 13.7. The first-order valence-electron chi connectivity index (χ1n) is 6.13. The maximum Gasteiger partial charge on any atom is 0.0641 e. The SMILES string of the molecule is CCCCC/C=C(\CO)CCCCC. The van der Waals surface area contributed by atoms with Gasteiger partial charge in [-0.25, -0.2) is 0 Å². The summed E-state index contributed by atoms with van der Waals surface area (Å²) >= 11 is 0. The van der Waals surface area contributed by atoms with Crippen LogP contribution in [0.25, 0.3) is 0 Å². The van der Waals surface area contributed by atoms with Crippen molar-refractivity contribution in [1.82, 2.24) is 0 Å². The maximum absolute atomic E-state index is 9.11. The third-order valence-corrected chi connectivity index (χ3v) is 2.55. The molecule has 0 aromatic carbocycles. The Morgan fingerprint density at radius 2 is 1.64 bits per heavy atom. The minimum atomic E-state index is 0.260. The van der Waals surface area contributed by atoms with Gasteiger partial charge in [0.2, 0.25) is 0 Å². The summed E-state index contributed by atoms with van der Waals surface area (Å²) in [7, 11) is 0. The summed E-state index contributed by atoms with van der Waals surface area (Å²) in [5.41, 5.74) is 1.24. The van der Waals surface area contributed by atoms with E-state index in [0.29, 0.717) is 0 Å². The van der Waals surface area contributed by atoms with Gasteiger partial charge in [0, 0.05) is 0 Å². The fourth-order valence-electron chi connectivity index (χ4n) is 1.55. The molecule has 0 aliphatic heterocycles. The highest BCUT2D eigenvalue weighted by molar-refractivity contribution is 5.01. The Morgan fingerprint density at radius 3 is 2.21 bits per heavy atom. The van der Waals surface area contributed by atoms with Crippen molar-refractivity contribution >= 4 is 0 Å². The Balaban J connectivity index is 3.53. The number of hydrogen-bond donors (Lipinski definition) is 1. The molecule has 14 heavy (non-hydrogen) atoms. The number of allylic oxidation sites excluding steroid dienone is 1. The van der Waals surface area contributed by atoms with Crippen LogP contribution >= 0.6 is 0 Å². The second-order valence-corrected chi connectivity index (χ2v) is 3.97. The van der Waals surface area contributed by atoms with Crippen LogP contribution in [-0.4, -0.2) is 11.7 Å². The number of rotatable bonds is 9. The van der Waals surface area contributed by atoms with Crippen molar-refractivity contribution in [2.24, 2.45) is 0 Å². The summed E-state index contributed by atoms with van der Waals surface area (Å²) in [6.07, 6.45) is 12.1. The summed E-state index contributed by atoms with van der Waals surface area (Å²) in [5.74, 6) is 0. The van der Waals surface area contributed by atoms with Gasteiger partial charge in [0.25, 0.3) is 0 Å². The summed E-state index contributed by atoms with van der Waals surface area (Å²) in [4.78, 5) is 0. The van der Waals surface area contributed by atoms with Crippen LogP contribution in [0.1, 0.15) is 65.2 Å². The Kier molecular flexibility index (Phi) is 10.5. The molecule has 0 aromatic heterocycles. The second-order valence-electron chi connectivity index (χ2n) is 3.97. The molecule has 0 aliphatic rings. The van der Waals surface area contributed by atoms with E-state index in [1.807, 2.05) is 0 Å². The second kappa shape index (κ2) is 10.8. The summed E-state index contributed by atoms with van der Waals surface area (Å²) in [5, 5.41) is 9.11. The zero-order valence-electron chi connectivity index (χ0n) is 9.89. The van der Waals surface area contributed by atoms with Gasteiger partial charge >= 0.3 is 0 Å². The van der Waals surface area contributed by atoms with Crippen LogP contribution in [-0.2, 0) is 0 Å². The van der Waals surface area contributed by atoms with Crippen LogP contribution in [0.2, 0.25) is 0 Å². The van der Waals surface area contributed by atoms with Crippen molar-refractivity contribution in [2.75, 3.05) is 6.61 Å². The summed E-state index contributed by atoms with van der Waals surface area (Å²) in [6.45, 7) is 4.69. The van der Waals surface area contributed by atoms with Crippen molar-refractivity contribution in [2.45, 2.75) is 65.2 Å². The van der Waals surface area contributed by atoms with Crippen molar-refractivity contribution in [3.05, 3.63) is 11.6 Å². The monoisotopic (exact) mass is 198 g/mol. The molecule has 0 heterocycles. The number of aliphatic hydroxyl groups excluding tert-OH is 1. The molecule has 1 N–H and O–H groups in total. The molecule has 1 heteroatoms. The summed E-state index contributed by atoms with van der Waals surface area (Å²) in [6, 6.07) is 0. The van der Waals surface area contributed by atoms with E-state index in [1.54, 1.807) is 0 Å². The van der Waals surface area contributed by atoms with Crippen LogP contribution in [0, 0.1) is 0 Å². The highest BCUT2D eigenvalue weighted by atomic mass is 16.3. The van der Waals surface area contributed by atoms with Crippen molar-refractivity contribution in [3.63, 3.8) is 0 Å². The first-order chi connectivity index (χ1) is 6.85. The molecule has 0 amide bonds. The van der Waals surface area contributed by atoms with E-state index < -0.39 is 0 Å². The molecular formula is C13H26O. The van der Waals surface area contributed by atoms with Gasteiger partial charge in [-0.1, -0.05) is 45.6 Å². The molecule has 0 unspecified atom stereocenters. The fourth-order valence-corrected chi connectivity index (χ4v) is 1.55. The van der Waals surface area contributed by atoms with Crippen molar-refractivity contribution in [3.8, 4) is 0 Å². The number of unbranched alkanes of at least 4 members (excludes halogenated alkanes) is 5. The largest absolute Gasteiger partial charge is 0.392 e. The van der Waals surface area contributed by atoms with Crippen molar-refractivity contribution in [1.29, 1.82) is 0 Å². The lowest BCUT2D eigenvalue weighted by atomic mass is 10.1. The Labute approximate surface area is 89.2 Å². The zero-order valence-corrected chi connectivity index (χ0v) is 9.89. The van der Waals surface area contributed by atoms with E-state index in [9.17, 15) is 0 Å². The van der Waals surface area contributed by atoms with E-state index in [4.69, 9.17) is 5.11 Å².